The molecule has 0 aromatic carbocycles. The van der Waals surface area contributed by atoms with Crippen molar-refractivity contribution in [2.45, 2.75) is 51.9 Å². The minimum Gasteiger partial charge on any atom is -0.447 e. The molecule has 0 saturated heterocycles. The Balaban J connectivity index is 2.16. The largest absolute Gasteiger partial charge is 0.447 e. The Morgan fingerprint density at radius 3 is 2.55 bits per heavy atom. The number of aliphatic hydroxyl groups is 1. The Morgan fingerprint density at radius 2 is 1.95 bits per heavy atom. The van der Waals surface area contributed by atoms with Crippen molar-refractivity contribution in [3.63, 3.8) is 0 Å². The van der Waals surface area contributed by atoms with Crippen LogP contribution in [0.15, 0.2) is 22.3 Å². The average molecular weight is 278 g/mol. The third-order valence-corrected chi connectivity index (χ3v) is 4.63. The molecule has 0 fully saturated rings. The molecule has 2 heterocycles. The zero-order valence-electron chi connectivity index (χ0n) is 11.9. The zero-order chi connectivity index (χ0) is 14.7. The number of esters is 2. The third kappa shape index (κ3) is 1.59. The fourth-order valence-corrected chi connectivity index (χ4v) is 3.77. The van der Waals surface area contributed by atoms with Crippen LogP contribution in [-0.2, 0) is 19.1 Å². The number of carbonyl (C=O) groups excluding carboxylic acids is 2. The number of cyclic esters (lactones) is 2. The molecule has 3 rings (SSSR count). The van der Waals surface area contributed by atoms with Gasteiger partial charge in [-0.2, -0.15) is 0 Å². The van der Waals surface area contributed by atoms with Gasteiger partial charge in [-0.05, 0) is 44.6 Å². The monoisotopic (exact) mass is 278 g/mol. The van der Waals surface area contributed by atoms with Gasteiger partial charge in [0.25, 0.3) is 0 Å². The lowest BCUT2D eigenvalue weighted by molar-refractivity contribution is -0.155. The summed E-state index contributed by atoms with van der Waals surface area (Å²) in [4.78, 5) is 23.7. The van der Waals surface area contributed by atoms with E-state index in [1.165, 1.54) is 0 Å². The highest BCUT2D eigenvalue weighted by Gasteiger charge is 2.54. The zero-order valence-corrected chi connectivity index (χ0v) is 11.9. The molecule has 1 unspecified atom stereocenters. The fraction of sp³-hybridized carbons (Fsp3) is 0.600. The molecule has 0 amide bonds. The summed E-state index contributed by atoms with van der Waals surface area (Å²) in [7, 11) is 0. The van der Waals surface area contributed by atoms with Crippen LogP contribution in [0.4, 0.5) is 0 Å². The molecule has 0 radical (unpaired) electrons. The SMILES string of the molecule is CC1=C([C@@]2(C)OC(=O)C3=C2[C@@H](C)CCC3)C(O)OC1=O. The molecule has 3 aliphatic rings. The lowest BCUT2D eigenvalue weighted by Gasteiger charge is -2.33. The molecule has 3 atom stereocenters. The lowest BCUT2D eigenvalue weighted by Crippen LogP contribution is -2.38. The molecule has 0 aromatic heterocycles. The van der Waals surface area contributed by atoms with Gasteiger partial charge >= 0.3 is 11.9 Å². The smallest absolute Gasteiger partial charge is 0.336 e. The molecule has 1 aliphatic carbocycles. The van der Waals surface area contributed by atoms with Gasteiger partial charge < -0.3 is 14.6 Å². The number of carbonyl (C=O) groups is 2. The summed E-state index contributed by atoms with van der Waals surface area (Å²) >= 11 is 0. The van der Waals surface area contributed by atoms with Gasteiger partial charge in [-0.3, -0.25) is 0 Å². The summed E-state index contributed by atoms with van der Waals surface area (Å²) < 4.78 is 10.4. The van der Waals surface area contributed by atoms with Gasteiger partial charge in [0.05, 0.1) is 5.57 Å². The Hall–Kier alpha value is -1.62. The normalized spacial score (nSPS) is 37.2. The number of hydrogen-bond donors (Lipinski definition) is 1. The molecule has 1 N–H and O–H groups in total. The van der Waals surface area contributed by atoms with Crippen LogP contribution >= 0.6 is 0 Å². The van der Waals surface area contributed by atoms with E-state index in [0.717, 1.165) is 18.4 Å². The van der Waals surface area contributed by atoms with Crippen LogP contribution in [0.2, 0.25) is 0 Å². The van der Waals surface area contributed by atoms with Crippen LogP contribution in [0.5, 0.6) is 0 Å². The van der Waals surface area contributed by atoms with Crippen molar-refractivity contribution in [3.05, 3.63) is 22.3 Å². The molecular weight excluding hydrogens is 260 g/mol. The van der Waals surface area contributed by atoms with Crippen molar-refractivity contribution in [1.82, 2.24) is 0 Å². The molecule has 0 spiro atoms. The number of hydrogen-bond acceptors (Lipinski definition) is 5. The predicted octanol–water partition coefficient (Wildman–Crippen LogP) is 1.61. The van der Waals surface area contributed by atoms with Crippen molar-refractivity contribution < 1.29 is 24.2 Å². The number of aliphatic hydroxyl groups excluding tert-OH is 1. The summed E-state index contributed by atoms with van der Waals surface area (Å²) in [6.07, 6.45) is 1.30. The van der Waals surface area contributed by atoms with Gasteiger partial charge in [-0.15, -0.1) is 0 Å². The molecule has 0 saturated carbocycles. The van der Waals surface area contributed by atoms with E-state index in [-0.39, 0.29) is 11.9 Å². The summed E-state index contributed by atoms with van der Waals surface area (Å²) in [6.45, 7) is 5.40. The van der Waals surface area contributed by atoms with E-state index in [1.54, 1.807) is 13.8 Å². The lowest BCUT2D eigenvalue weighted by atomic mass is 9.73. The highest BCUT2D eigenvalue weighted by molar-refractivity contribution is 5.96. The number of ether oxygens (including phenoxy) is 2. The van der Waals surface area contributed by atoms with E-state index >= 15 is 0 Å². The Morgan fingerprint density at radius 1 is 1.25 bits per heavy atom. The van der Waals surface area contributed by atoms with E-state index in [0.29, 0.717) is 23.1 Å². The first-order valence-electron chi connectivity index (χ1n) is 6.93. The maximum atomic E-state index is 12.1. The fourth-order valence-electron chi connectivity index (χ4n) is 3.77. The van der Waals surface area contributed by atoms with Gasteiger partial charge in [0.15, 0.2) is 5.60 Å². The maximum absolute atomic E-state index is 12.1. The van der Waals surface area contributed by atoms with Crippen molar-refractivity contribution in [2.24, 2.45) is 5.92 Å². The first kappa shape index (κ1) is 13.4. The first-order chi connectivity index (χ1) is 9.36. The predicted molar refractivity (Wildman–Crippen MR) is 69.3 cm³/mol. The molecular formula is C15H18O5. The van der Waals surface area contributed by atoms with E-state index in [2.05, 4.69) is 6.92 Å². The Kier molecular flexibility index (Phi) is 2.80. The summed E-state index contributed by atoms with van der Waals surface area (Å²) in [5.74, 6) is -0.693. The molecule has 5 nitrogen and oxygen atoms in total. The van der Waals surface area contributed by atoms with Gasteiger partial charge in [0.1, 0.15) is 0 Å². The molecule has 5 heteroatoms. The first-order valence-corrected chi connectivity index (χ1v) is 6.93. The Labute approximate surface area is 117 Å². The van der Waals surface area contributed by atoms with Gasteiger partial charge in [0.2, 0.25) is 6.29 Å². The summed E-state index contributed by atoms with van der Waals surface area (Å²) in [5.41, 5.74) is 1.26. The van der Waals surface area contributed by atoms with Crippen molar-refractivity contribution in [3.8, 4) is 0 Å². The second-order valence-corrected chi connectivity index (χ2v) is 5.90. The van der Waals surface area contributed by atoms with Crippen LogP contribution in [0.1, 0.15) is 40.0 Å². The average Bonchev–Trinajstić information content (AvgIpc) is 2.77. The van der Waals surface area contributed by atoms with Crippen LogP contribution < -0.4 is 0 Å². The molecule has 0 bridgehead atoms. The summed E-state index contributed by atoms with van der Waals surface area (Å²) in [5, 5.41) is 10.0. The quantitative estimate of drug-likeness (QED) is 0.738. The van der Waals surface area contributed by atoms with Crippen LogP contribution in [0.3, 0.4) is 0 Å². The maximum Gasteiger partial charge on any atom is 0.336 e. The topological polar surface area (TPSA) is 72.8 Å². The number of rotatable bonds is 1. The van der Waals surface area contributed by atoms with Crippen LogP contribution in [0, 0.1) is 5.92 Å². The van der Waals surface area contributed by atoms with Crippen molar-refractivity contribution in [2.75, 3.05) is 0 Å². The second kappa shape index (κ2) is 4.19. The van der Waals surface area contributed by atoms with E-state index < -0.39 is 17.9 Å². The third-order valence-electron chi connectivity index (χ3n) is 4.63. The summed E-state index contributed by atoms with van der Waals surface area (Å²) in [6, 6.07) is 0. The molecule has 108 valence electrons. The highest BCUT2D eigenvalue weighted by atomic mass is 16.6. The highest BCUT2D eigenvalue weighted by Crippen LogP contribution is 2.50. The van der Waals surface area contributed by atoms with Crippen molar-refractivity contribution >= 4 is 11.9 Å². The van der Waals surface area contributed by atoms with Crippen LogP contribution in [-0.4, -0.2) is 28.9 Å². The Bertz CT molecular complexity index is 571. The molecule has 0 aromatic rings. The van der Waals surface area contributed by atoms with Gasteiger partial charge in [-0.1, -0.05) is 6.92 Å². The second-order valence-electron chi connectivity index (χ2n) is 5.90. The minimum absolute atomic E-state index is 0.193. The van der Waals surface area contributed by atoms with E-state index in [1.807, 2.05) is 0 Å². The minimum atomic E-state index is -1.33. The molecule has 20 heavy (non-hydrogen) atoms. The van der Waals surface area contributed by atoms with Gasteiger partial charge in [-0.25, -0.2) is 9.59 Å². The van der Waals surface area contributed by atoms with Crippen LogP contribution in [0.25, 0.3) is 0 Å². The van der Waals surface area contributed by atoms with Crippen molar-refractivity contribution in [1.29, 1.82) is 0 Å². The van der Waals surface area contributed by atoms with E-state index in [4.69, 9.17) is 9.47 Å². The molecule has 2 aliphatic heterocycles. The standard InChI is InChI=1S/C15H18O5/c1-7-5-4-6-9-10(7)15(3,20-13(9)17)11-8(2)12(16)19-14(11)18/h7,14,18H,4-6H2,1-3H3/t7-,14?,15-/m0/s1. The van der Waals surface area contributed by atoms with Gasteiger partial charge in [0, 0.05) is 11.1 Å². The van der Waals surface area contributed by atoms with E-state index in [9.17, 15) is 14.7 Å².